The first kappa shape index (κ1) is 9.71. The van der Waals surface area contributed by atoms with Crippen LogP contribution in [0, 0.1) is 0 Å². The van der Waals surface area contributed by atoms with Gasteiger partial charge in [0.25, 0.3) is 0 Å². The van der Waals surface area contributed by atoms with Gasteiger partial charge in [-0.1, -0.05) is 12.2 Å². The van der Waals surface area contributed by atoms with Crippen molar-refractivity contribution >= 4 is 0 Å². The minimum absolute atomic E-state index is 0.116. The molecule has 1 heterocycles. The quantitative estimate of drug-likeness (QED) is 0.601. The van der Waals surface area contributed by atoms with Crippen molar-refractivity contribution in [2.45, 2.75) is 25.7 Å². The molecule has 0 aliphatic carbocycles. The van der Waals surface area contributed by atoms with E-state index in [9.17, 15) is 0 Å². The Morgan fingerprint density at radius 1 is 1.42 bits per heavy atom. The van der Waals surface area contributed by atoms with Crippen LogP contribution in [0.3, 0.4) is 0 Å². The van der Waals surface area contributed by atoms with Crippen molar-refractivity contribution in [1.29, 1.82) is 0 Å². The molecule has 3 heteroatoms. The van der Waals surface area contributed by atoms with E-state index >= 15 is 0 Å². The number of hydrogen-bond donors (Lipinski definition) is 0. The Bertz CT molecular complexity index is 135. The zero-order valence-electron chi connectivity index (χ0n) is 7.66. The minimum atomic E-state index is -0.116. The Kier molecular flexibility index (Phi) is 4.29. The monoisotopic (exact) mass is 172 g/mol. The Balaban J connectivity index is 2.22. The molecule has 0 bridgehead atoms. The van der Waals surface area contributed by atoms with Gasteiger partial charge in [0.15, 0.2) is 6.29 Å². The minimum Gasteiger partial charge on any atom is -0.382 e. The standard InChI is InChI=1S/C9H16O3/c1-8(10-2)7-9-11-5-3-4-6-12-9/h3-4,8-9H,5-7H2,1-2H3. The van der Waals surface area contributed by atoms with Crippen LogP contribution in [0.4, 0.5) is 0 Å². The molecular weight excluding hydrogens is 156 g/mol. The van der Waals surface area contributed by atoms with E-state index in [-0.39, 0.29) is 12.4 Å². The number of hydrogen-bond acceptors (Lipinski definition) is 3. The molecule has 1 aliphatic rings. The molecule has 0 spiro atoms. The van der Waals surface area contributed by atoms with Crippen LogP contribution in [-0.4, -0.2) is 32.7 Å². The molecule has 0 aromatic carbocycles. The van der Waals surface area contributed by atoms with E-state index in [0.29, 0.717) is 13.2 Å². The van der Waals surface area contributed by atoms with Gasteiger partial charge in [0, 0.05) is 13.5 Å². The SMILES string of the molecule is COC(C)CC1OCC=CCO1. The number of methoxy groups -OCH3 is 1. The van der Waals surface area contributed by atoms with Crippen LogP contribution in [0.25, 0.3) is 0 Å². The van der Waals surface area contributed by atoms with Crippen molar-refractivity contribution in [3.63, 3.8) is 0 Å². The number of rotatable bonds is 3. The van der Waals surface area contributed by atoms with E-state index in [1.807, 2.05) is 19.1 Å². The van der Waals surface area contributed by atoms with Gasteiger partial charge < -0.3 is 14.2 Å². The van der Waals surface area contributed by atoms with E-state index in [2.05, 4.69) is 0 Å². The van der Waals surface area contributed by atoms with Crippen molar-refractivity contribution < 1.29 is 14.2 Å². The zero-order valence-corrected chi connectivity index (χ0v) is 7.66. The fraction of sp³-hybridized carbons (Fsp3) is 0.778. The first-order chi connectivity index (χ1) is 5.83. The van der Waals surface area contributed by atoms with Crippen LogP contribution in [0.5, 0.6) is 0 Å². The Morgan fingerprint density at radius 2 is 2.00 bits per heavy atom. The fourth-order valence-electron chi connectivity index (χ4n) is 1.01. The second-order valence-corrected chi connectivity index (χ2v) is 2.85. The molecule has 0 aromatic rings. The molecule has 1 aliphatic heterocycles. The largest absolute Gasteiger partial charge is 0.382 e. The van der Waals surface area contributed by atoms with E-state index in [4.69, 9.17) is 14.2 Å². The molecule has 0 N–H and O–H groups in total. The first-order valence-corrected chi connectivity index (χ1v) is 4.24. The van der Waals surface area contributed by atoms with Gasteiger partial charge in [-0.05, 0) is 6.92 Å². The smallest absolute Gasteiger partial charge is 0.160 e. The summed E-state index contributed by atoms with van der Waals surface area (Å²) in [6, 6.07) is 0. The van der Waals surface area contributed by atoms with Gasteiger partial charge in [-0.25, -0.2) is 0 Å². The summed E-state index contributed by atoms with van der Waals surface area (Å²) in [5.41, 5.74) is 0. The van der Waals surface area contributed by atoms with E-state index in [1.165, 1.54) is 0 Å². The summed E-state index contributed by atoms with van der Waals surface area (Å²) in [7, 11) is 1.69. The highest BCUT2D eigenvalue weighted by molar-refractivity contribution is 4.83. The maximum absolute atomic E-state index is 5.39. The molecule has 0 radical (unpaired) electrons. The molecule has 1 atom stereocenters. The summed E-state index contributed by atoms with van der Waals surface area (Å²) in [6.45, 7) is 3.28. The van der Waals surface area contributed by atoms with E-state index in [1.54, 1.807) is 7.11 Å². The molecule has 70 valence electrons. The first-order valence-electron chi connectivity index (χ1n) is 4.24. The van der Waals surface area contributed by atoms with Crippen molar-refractivity contribution in [3.8, 4) is 0 Å². The van der Waals surface area contributed by atoms with Gasteiger partial charge in [-0.15, -0.1) is 0 Å². The lowest BCUT2D eigenvalue weighted by molar-refractivity contribution is -0.140. The van der Waals surface area contributed by atoms with Gasteiger partial charge >= 0.3 is 0 Å². The second kappa shape index (κ2) is 5.30. The van der Waals surface area contributed by atoms with Crippen LogP contribution in [0.1, 0.15) is 13.3 Å². The van der Waals surface area contributed by atoms with Gasteiger partial charge in [-0.3, -0.25) is 0 Å². The highest BCUT2D eigenvalue weighted by Crippen LogP contribution is 2.09. The van der Waals surface area contributed by atoms with Gasteiger partial charge in [-0.2, -0.15) is 0 Å². The average molecular weight is 172 g/mol. The zero-order chi connectivity index (χ0) is 8.81. The Hall–Kier alpha value is -0.380. The second-order valence-electron chi connectivity index (χ2n) is 2.85. The highest BCUT2D eigenvalue weighted by Gasteiger charge is 2.13. The van der Waals surface area contributed by atoms with Crippen LogP contribution in [-0.2, 0) is 14.2 Å². The third-order valence-electron chi connectivity index (χ3n) is 1.85. The normalized spacial score (nSPS) is 22.2. The summed E-state index contributed by atoms with van der Waals surface area (Å²) < 4.78 is 15.9. The number of ether oxygens (including phenoxy) is 3. The van der Waals surface area contributed by atoms with E-state index in [0.717, 1.165) is 6.42 Å². The maximum atomic E-state index is 5.39. The van der Waals surface area contributed by atoms with Crippen LogP contribution >= 0.6 is 0 Å². The van der Waals surface area contributed by atoms with Crippen LogP contribution in [0.15, 0.2) is 12.2 Å². The molecule has 1 rings (SSSR count). The highest BCUT2D eigenvalue weighted by atomic mass is 16.7. The molecule has 0 saturated carbocycles. The lowest BCUT2D eigenvalue weighted by Gasteiger charge is -2.18. The lowest BCUT2D eigenvalue weighted by Crippen LogP contribution is -2.22. The Labute approximate surface area is 73.3 Å². The Morgan fingerprint density at radius 3 is 2.50 bits per heavy atom. The third kappa shape index (κ3) is 3.34. The van der Waals surface area contributed by atoms with Crippen molar-refractivity contribution in [3.05, 3.63) is 12.2 Å². The van der Waals surface area contributed by atoms with Crippen molar-refractivity contribution in [2.24, 2.45) is 0 Å². The van der Waals surface area contributed by atoms with Crippen LogP contribution in [0.2, 0.25) is 0 Å². The van der Waals surface area contributed by atoms with Gasteiger partial charge in [0.05, 0.1) is 19.3 Å². The van der Waals surface area contributed by atoms with Gasteiger partial charge in [0.1, 0.15) is 0 Å². The topological polar surface area (TPSA) is 27.7 Å². The summed E-state index contributed by atoms with van der Waals surface area (Å²) in [5.74, 6) is 0. The molecule has 3 nitrogen and oxygen atoms in total. The molecule has 12 heavy (non-hydrogen) atoms. The molecule has 0 fully saturated rings. The predicted molar refractivity (Wildman–Crippen MR) is 45.9 cm³/mol. The maximum Gasteiger partial charge on any atom is 0.160 e. The molecule has 0 amide bonds. The van der Waals surface area contributed by atoms with E-state index < -0.39 is 0 Å². The molecular formula is C9H16O3. The predicted octanol–water partition coefficient (Wildman–Crippen LogP) is 1.34. The lowest BCUT2D eigenvalue weighted by atomic mass is 10.3. The van der Waals surface area contributed by atoms with Crippen molar-refractivity contribution in [1.82, 2.24) is 0 Å². The summed E-state index contributed by atoms with van der Waals surface area (Å²) in [6.07, 6.45) is 4.80. The van der Waals surface area contributed by atoms with Crippen molar-refractivity contribution in [2.75, 3.05) is 20.3 Å². The molecule has 0 saturated heterocycles. The third-order valence-corrected chi connectivity index (χ3v) is 1.85. The summed E-state index contributed by atoms with van der Waals surface area (Å²) in [4.78, 5) is 0. The fourth-order valence-corrected chi connectivity index (χ4v) is 1.01. The average Bonchev–Trinajstić information content (AvgIpc) is 2.33. The van der Waals surface area contributed by atoms with Gasteiger partial charge in [0.2, 0.25) is 0 Å². The summed E-state index contributed by atoms with van der Waals surface area (Å²) in [5, 5.41) is 0. The molecule has 1 unspecified atom stereocenters. The van der Waals surface area contributed by atoms with Crippen LogP contribution < -0.4 is 0 Å². The molecule has 0 aromatic heterocycles. The summed E-state index contributed by atoms with van der Waals surface area (Å²) >= 11 is 0.